The smallest absolute Gasteiger partial charge is 0.277 e. The van der Waals surface area contributed by atoms with E-state index in [9.17, 15) is 13.2 Å². The van der Waals surface area contributed by atoms with Gasteiger partial charge in [0.25, 0.3) is 15.9 Å². The van der Waals surface area contributed by atoms with Crippen molar-refractivity contribution in [2.45, 2.75) is 4.90 Å². The third-order valence-corrected chi connectivity index (χ3v) is 5.83. The van der Waals surface area contributed by atoms with E-state index in [2.05, 4.69) is 36.1 Å². The lowest BCUT2D eigenvalue weighted by Gasteiger charge is -2.07. The molecule has 1 aromatic carbocycles. The second-order valence-corrected chi connectivity index (χ2v) is 8.35. The van der Waals surface area contributed by atoms with Crippen molar-refractivity contribution in [2.24, 2.45) is 7.05 Å². The number of benzene rings is 1. The standard InChI is InChI=1S/C14H12BrN5O3S2/c1-20-8-11(15)12(18-20)13(21)17-9-2-4-10(5-3-9)25(22,23)19-14-16-6-7-24-14/h2-8H,1H3,(H,16,19)(H,17,21). The average molecular weight is 442 g/mol. The summed E-state index contributed by atoms with van der Waals surface area (Å²) < 4.78 is 29.0. The predicted molar refractivity (Wildman–Crippen MR) is 98.2 cm³/mol. The number of carbonyl (C=O) groups excluding carboxylic acids is 1. The topological polar surface area (TPSA) is 106 Å². The minimum absolute atomic E-state index is 0.0692. The first-order valence-corrected chi connectivity index (χ1v) is 10.0. The fraction of sp³-hybridized carbons (Fsp3) is 0.0714. The van der Waals surface area contributed by atoms with E-state index in [1.807, 2.05) is 0 Å². The number of anilines is 2. The molecule has 25 heavy (non-hydrogen) atoms. The lowest BCUT2D eigenvalue weighted by Crippen LogP contribution is -2.15. The number of thiazole rings is 1. The zero-order chi connectivity index (χ0) is 18.0. The van der Waals surface area contributed by atoms with Crippen molar-refractivity contribution in [3.05, 3.63) is 52.2 Å². The van der Waals surface area contributed by atoms with Gasteiger partial charge in [-0.2, -0.15) is 5.10 Å². The lowest BCUT2D eigenvalue weighted by molar-refractivity contribution is 0.102. The Morgan fingerprint density at radius 1 is 1.28 bits per heavy atom. The van der Waals surface area contributed by atoms with Crippen LogP contribution in [0.5, 0.6) is 0 Å². The minimum Gasteiger partial charge on any atom is -0.321 e. The third-order valence-electron chi connectivity index (χ3n) is 3.08. The van der Waals surface area contributed by atoms with Gasteiger partial charge in [0.2, 0.25) is 0 Å². The second kappa shape index (κ2) is 6.94. The van der Waals surface area contributed by atoms with E-state index in [1.54, 1.807) is 18.6 Å². The van der Waals surface area contributed by atoms with E-state index < -0.39 is 15.9 Å². The van der Waals surface area contributed by atoms with Gasteiger partial charge in [0.1, 0.15) is 0 Å². The molecule has 0 saturated carbocycles. The van der Waals surface area contributed by atoms with Crippen LogP contribution in [0.2, 0.25) is 0 Å². The highest BCUT2D eigenvalue weighted by atomic mass is 79.9. The molecule has 2 heterocycles. The summed E-state index contributed by atoms with van der Waals surface area (Å²) in [5.74, 6) is -0.399. The first-order chi connectivity index (χ1) is 11.8. The van der Waals surface area contributed by atoms with Crippen molar-refractivity contribution in [3.8, 4) is 0 Å². The summed E-state index contributed by atoms with van der Waals surface area (Å²) in [7, 11) is -2.02. The highest BCUT2D eigenvalue weighted by molar-refractivity contribution is 9.10. The number of halogens is 1. The number of hydrogen-bond acceptors (Lipinski definition) is 6. The Morgan fingerprint density at radius 2 is 2.00 bits per heavy atom. The van der Waals surface area contributed by atoms with Crippen LogP contribution < -0.4 is 10.0 Å². The van der Waals surface area contributed by atoms with Crippen LogP contribution in [0.25, 0.3) is 0 Å². The molecule has 2 aromatic heterocycles. The van der Waals surface area contributed by atoms with E-state index in [4.69, 9.17) is 0 Å². The summed E-state index contributed by atoms with van der Waals surface area (Å²) in [6, 6.07) is 5.81. The van der Waals surface area contributed by atoms with Crippen molar-refractivity contribution in [1.29, 1.82) is 0 Å². The van der Waals surface area contributed by atoms with Gasteiger partial charge in [-0.1, -0.05) is 0 Å². The number of sulfonamides is 1. The van der Waals surface area contributed by atoms with Crippen molar-refractivity contribution in [3.63, 3.8) is 0 Å². The first kappa shape index (κ1) is 17.6. The number of carbonyl (C=O) groups is 1. The van der Waals surface area contributed by atoms with Crippen LogP contribution in [0.4, 0.5) is 10.8 Å². The second-order valence-electron chi connectivity index (χ2n) is 4.92. The number of aromatic nitrogens is 3. The molecule has 8 nitrogen and oxygen atoms in total. The number of amides is 1. The third kappa shape index (κ3) is 4.06. The predicted octanol–water partition coefficient (Wildman–Crippen LogP) is 2.69. The molecule has 0 fully saturated rings. The Bertz CT molecular complexity index is 998. The van der Waals surface area contributed by atoms with Gasteiger partial charge in [0.15, 0.2) is 10.8 Å². The van der Waals surface area contributed by atoms with Crippen molar-refractivity contribution in [1.82, 2.24) is 14.8 Å². The van der Waals surface area contributed by atoms with E-state index in [0.717, 1.165) is 0 Å². The average Bonchev–Trinajstić information content (AvgIpc) is 3.16. The Hall–Kier alpha value is -2.24. The van der Waals surface area contributed by atoms with E-state index in [1.165, 1.54) is 46.5 Å². The molecule has 0 aliphatic heterocycles. The number of hydrogen-bond donors (Lipinski definition) is 2. The highest BCUT2D eigenvalue weighted by Gasteiger charge is 2.17. The first-order valence-electron chi connectivity index (χ1n) is 6.88. The fourth-order valence-corrected chi connectivity index (χ4v) is 4.31. The zero-order valence-electron chi connectivity index (χ0n) is 12.8. The zero-order valence-corrected chi connectivity index (χ0v) is 16.0. The van der Waals surface area contributed by atoms with Crippen molar-refractivity contribution < 1.29 is 13.2 Å². The molecule has 2 N–H and O–H groups in total. The molecule has 0 atom stereocenters. The molecule has 3 aromatic rings. The molecular formula is C14H12BrN5O3S2. The van der Waals surface area contributed by atoms with Crippen LogP contribution in [0, 0.1) is 0 Å². The van der Waals surface area contributed by atoms with Gasteiger partial charge < -0.3 is 5.32 Å². The molecule has 11 heteroatoms. The SMILES string of the molecule is Cn1cc(Br)c(C(=O)Nc2ccc(S(=O)(=O)Nc3nccs3)cc2)n1. The highest BCUT2D eigenvalue weighted by Crippen LogP contribution is 2.21. The van der Waals surface area contributed by atoms with E-state index >= 15 is 0 Å². The van der Waals surface area contributed by atoms with Gasteiger partial charge in [-0.05, 0) is 40.2 Å². The van der Waals surface area contributed by atoms with Crippen molar-refractivity contribution in [2.75, 3.05) is 10.0 Å². The van der Waals surface area contributed by atoms with Crippen LogP contribution in [0.15, 0.2) is 51.4 Å². The number of aryl methyl sites for hydroxylation is 1. The van der Waals surface area contributed by atoms with Crippen LogP contribution >= 0.6 is 27.3 Å². The van der Waals surface area contributed by atoms with Gasteiger partial charge in [-0.15, -0.1) is 11.3 Å². The van der Waals surface area contributed by atoms with Crippen LogP contribution in [-0.2, 0) is 17.1 Å². The maximum Gasteiger partial charge on any atom is 0.277 e. The lowest BCUT2D eigenvalue weighted by atomic mass is 10.3. The van der Waals surface area contributed by atoms with Gasteiger partial charge in [0.05, 0.1) is 9.37 Å². The molecule has 0 aliphatic rings. The Kier molecular flexibility index (Phi) is 4.88. The van der Waals surface area contributed by atoms with E-state index in [0.29, 0.717) is 10.2 Å². The number of nitrogens with one attached hydrogen (secondary N) is 2. The summed E-state index contributed by atoms with van der Waals surface area (Å²) >= 11 is 4.45. The molecule has 130 valence electrons. The van der Waals surface area contributed by atoms with Crippen LogP contribution in [-0.4, -0.2) is 29.1 Å². The molecule has 0 radical (unpaired) electrons. The Balaban J connectivity index is 1.74. The summed E-state index contributed by atoms with van der Waals surface area (Å²) in [6.45, 7) is 0. The molecule has 0 saturated heterocycles. The summed E-state index contributed by atoms with van der Waals surface area (Å²) in [5, 5.41) is 8.68. The van der Waals surface area contributed by atoms with E-state index in [-0.39, 0.29) is 15.7 Å². The van der Waals surface area contributed by atoms with Crippen LogP contribution in [0.3, 0.4) is 0 Å². The fourth-order valence-electron chi connectivity index (χ4n) is 1.97. The Morgan fingerprint density at radius 3 is 2.56 bits per heavy atom. The molecule has 0 bridgehead atoms. The summed E-state index contributed by atoms with van der Waals surface area (Å²) in [5.41, 5.74) is 0.695. The monoisotopic (exact) mass is 441 g/mol. The normalized spacial score (nSPS) is 11.3. The van der Waals surface area contributed by atoms with Gasteiger partial charge >= 0.3 is 0 Å². The molecule has 0 unspecified atom stereocenters. The quantitative estimate of drug-likeness (QED) is 0.632. The molecule has 0 spiro atoms. The molecule has 3 rings (SSSR count). The van der Waals surface area contributed by atoms with Crippen molar-refractivity contribution >= 4 is 54.0 Å². The number of rotatable bonds is 5. The van der Waals surface area contributed by atoms with Crippen LogP contribution in [0.1, 0.15) is 10.5 Å². The molecule has 1 amide bonds. The Labute approximate surface area is 156 Å². The minimum atomic E-state index is -3.72. The molecular weight excluding hydrogens is 430 g/mol. The maximum absolute atomic E-state index is 12.3. The van der Waals surface area contributed by atoms with Gasteiger partial charge in [-0.25, -0.2) is 13.4 Å². The summed E-state index contributed by atoms with van der Waals surface area (Å²) in [4.78, 5) is 16.1. The van der Waals surface area contributed by atoms with Gasteiger partial charge in [-0.3, -0.25) is 14.2 Å². The van der Waals surface area contributed by atoms with Gasteiger partial charge in [0, 0.05) is 30.5 Å². The summed E-state index contributed by atoms with van der Waals surface area (Å²) in [6.07, 6.45) is 3.17. The largest absolute Gasteiger partial charge is 0.321 e. The maximum atomic E-state index is 12.3. The molecule has 0 aliphatic carbocycles. The number of nitrogens with zero attached hydrogens (tertiary/aromatic N) is 3.